The molecule has 142 valence electrons. The van der Waals surface area contributed by atoms with Crippen molar-refractivity contribution < 1.29 is 24.2 Å². The number of carboxylic acid groups (broad SMARTS) is 1. The lowest BCUT2D eigenvalue weighted by Gasteiger charge is -2.15. The molecule has 28 heavy (non-hydrogen) atoms. The predicted molar refractivity (Wildman–Crippen MR) is 102 cm³/mol. The maximum atomic E-state index is 13.2. The minimum atomic E-state index is -1.76. The Labute approximate surface area is 162 Å². The molecule has 0 amide bonds. The Morgan fingerprint density at radius 3 is 2.43 bits per heavy atom. The first-order valence-corrected chi connectivity index (χ1v) is 8.40. The van der Waals surface area contributed by atoms with Crippen LogP contribution in [0, 0.1) is 5.82 Å². The molecule has 0 fully saturated rings. The third-order valence-corrected chi connectivity index (χ3v) is 4.37. The molecule has 0 saturated heterocycles. The van der Waals surface area contributed by atoms with E-state index in [1.807, 2.05) is 0 Å². The van der Waals surface area contributed by atoms with E-state index < -0.39 is 28.8 Å². The van der Waals surface area contributed by atoms with E-state index in [-0.39, 0.29) is 22.5 Å². The molecule has 1 aromatic heterocycles. The molecule has 1 heterocycles. The number of carboxylic acids is 1. The first-order valence-electron chi connectivity index (χ1n) is 8.02. The highest BCUT2D eigenvalue weighted by atomic mass is 35.5. The van der Waals surface area contributed by atoms with Gasteiger partial charge in [0.15, 0.2) is 5.43 Å². The number of para-hydroxylation sites is 1. The molecule has 0 aliphatic carbocycles. The molecule has 2 N–H and O–H groups in total. The zero-order valence-corrected chi connectivity index (χ0v) is 15.0. The molecule has 0 bridgehead atoms. The number of aromatic nitrogens is 1. The molecule has 0 saturated carbocycles. The fraction of sp³-hybridized carbons (Fsp3) is 0.0500. The van der Waals surface area contributed by atoms with E-state index in [0.717, 1.165) is 0 Å². The molecule has 8 heteroatoms. The number of ketones is 1. The number of nitrogens with zero attached hydrogens (tertiary/aromatic N) is 1. The fourth-order valence-electron chi connectivity index (χ4n) is 2.77. The Bertz CT molecular complexity index is 1180. The van der Waals surface area contributed by atoms with Gasteiger partial charge in [0.1, 0.15) is 11.6 Å². The largest absolute Gasteiger partial charge is 0.507 e. The lowest BCUT2D eigenvalue weighted by Crippen LogP contribution is -2.17. The highest BCUT2D eigenvalue weighted by Crippen LogP contribution is 2.24. The normalized spacial score (nSPS) is 11.6. The van der Waals surface area contributed by atoms with E-state index >= 15 is 0 Å². The van der Waals surface area contributed by atoms with Gasteiger partial charge < -0.3 is 14.8 Å². The summed E-state index contributed by atoms with van der Waals surface area (Å²) in [7, 11) is 0. The number of carbonyl (C=O) groups excluding carboxylic acids is 1. The number of benzene rings is 2. The molecular weight excluding hydrogens is 389 g/mol. The van der Waals surface area contributed by atoms with Crippen molar-refractivity contribution in [2.24, 2.45) is 0 Å². The number of aliphatic hydroxyl groups excluding tert-OH is 1. The van der Waals surface area contributed by atoms with Crippen molar-refractivity contribution in [1.29, 1.82) is 0 Å². The summed E-state index contributed by atoms with van der Waals surface area (Å²) in [5, 5.41) is 19.3. The van der Waals surface area contributed by atoms with Crippen molar-refractivity contribution in [2.45, 2.75) is 6.54 Å². The van der Waals surface area contributed by atoms with Crippen molar-refractivity contribution in [3.8, 4) is 0 Å². The molecule has 2 aromatic carbocycles. The van der Waals surface area contributed by atoms with Crippen LogP contribution in [0.15, 0.2) is 59.5 Å². The van der Waals surface area contributed by atoms with Gasteiger partial charge in [-0.3, -0.25) is 9.59 Å². The summed E-state index contributed by atoms with van der Waals surface area (Å²) in [6.07, 6.45) is 1.75. The van der Waals surface area contributed by atoms with Crippen LogP contribution < -0.4 is 5.43 Å². The average molecular weight is 402 g/mol. The molecule has 6 nitrogen and oxygen atoms in total. The number of halogens is 2. The molecule has 3 aromatic rings. The van der Waals surface area contributed by atoms with Crippen LogP contribution in [-0.4, -0.2) is 26.5 Å². The number of aliphatic carboxylic acids is 1. The van der Waals surface area contributed by atoms with Crippen LogP contribution in [-0.2, 0) is 16.1 Å². The topological polar surface area (TPSA) is 96.6 Å². The van der Waals surface area contributed by atoms with Crippen molar-refractivity contribution in [3.05, 3.63) is 86.9 Å². The van der Waals surface area contributed by atoms with Crippen molar-refractivity contribution in [2.75, 3.05) is 0 Å². The van der Waals surface area contributed by atoms with Gasteiger partial charge >= 0.3 is 5.97 Å². The van der Waals surface area contributed by atoms with Gasteiger partial charge in [-0.2, -0.15) is 0 Å². The number of rotatable bonds is 5. The Balaban J connectivity index is 2.23. The minimum absolute atomic E-state index is 0.176. The molecular formula is C20H13ClFNO5. The summed E-state index contributed by atoms with van der Waals surface area (Å²) in [6, 6.07) is 10.3. The van der Waals surface area contributed by atoms with E-state index in [9.17, 15) is 23.9 Å². The second-order valence-corrected chi connectivity index (χ2v) is 6.37. The van der Waals surface area contributed by atoms with E-state index in [0.29, 0.717) is 17.2 Å². The third-order valence-electron chi connectivity index (χ3n) is 4.07. The van der Waals surface area contributed by atoms with Crippen LogP contribution in [0.4, 0.5) is 4.39 Å². The van der Waals surface area contributed by atoms with Crippen LogP contribution in [0.3, 0.4) is 0 Å². The lowest BCUT2D eigenvalue weighted by molar-refractivity contribution is -0.146. The fourth-order valence-corrected chi connectivity index (χ4v) is 3.05. The van der Waals surface area contributed by atoms with Gasteiger partial charge in [-0.25, -0.2) is 9.18 Å². The van der Waals surface area contributed by atoms with Crippen LogP contribution in [0.25, 0.3) is 16.7 Å². The zero-order valence-electron chi connectivity index (χ0n) is 14.2. The van der Waals surface area contributed by atoms with Crippen molar-refractivity contribution in [3.63, 3.8) is 0 Å². The first kappa shape index (κ1) is 19.3. The zero-order chi connectivity index (χ0) is 20.4. The van der Waals surface area contributed by atoms with Gasteiger partial charge in [-0.1, -0.05) is 29.8 Å². The Morgan fingerprint density at radius 1 is 1.11 bits per heavy atom. The molecule has 0 aliphatic heterocycles. The number of pyridine rings is 1. The van der Waals surface area contributed by atoms with Crippen LogP contribution in [0.5, 0.6) is 0 Å². The quantitative estimate of drug-likeness (QED) is 0.388. The number of carbonyl (C=O) groups is 2. The third kappa shape index (κ3) is 3.79. The molecule has 3 rings (SSSR count). The average Bonchev–Trinajstić information content (AvgIpc) is 2.65. The molecule has 0 aliphatic rings. The predicted octanol–water partition coefficient (Wildman–Crippen LogP) is 3.39. The summed E-state index contributed by atoms with van der Waals surface area (Å²) in [5.41, 5.74) is 0.216. The van der Waals surface area contributed by atoms with Gasteiger partial charge in [0.25, 0.3) is 5.78 Å². The van der Waals surface area contributed by atoms with Crippen LogP contribution in [0.2, 0.25) is 5.02 Å². The summed E-state index contributed by atoms with van der Waals surface area (Å²) in [5.74, 6) is -4.30. The van der Waals surface area contributed by atoms with Crippen LogP contribution >= 0.6 is 11.6 Å². The number of hydrogen-bond donors (Lipinski definition) is 2. The monoisotopic (exact) mass is 401 g/mol. The second kappa shape index (κ2) is 7.66. The van der Waals surface area contributed by atoms with E-state index in [1.165, 1.54) is 24.4 Å². The Kier molecular flexibility index (Phi) is 5.28. The molecule has 0 unspecified atom stereocenters. The second-order valence-electron chi connectivity index (χ2n) is 5.96. The van der Waals surface area contributed by atoms with E-state index in [2.05, 4.69) is 0 Å². The van der Waals surface area contributed by atoms with E-state index in [4.69, 9.17) is 16.7 Å². The first-order chi connectivity index (χ1) is 13.3. The Hall–Kier alpha value is -3.45. The molecule has 0 radical (unpaired) electrons. The van der Waals surface area contributed by atoms with Gasteiger partial charge in [0.05, 0.1) is 16.1 Å². The number of aliphatic hydroxyl groups is 1. The minimum Gasteiger partial charge on any atom is -0.507 e. The Morgan fingerprint density at radius 2 is 1.79 bits per heavy atom. The van der Waals surface area contributed by atoms with Crippen molar-refractivity contribution in [1.82, 2.24) is 4.57 Å². The maximum absolute atomic E-state index is 13.2. The standard InChI is InChI=1S/C20H13ClFNO5/c21-15-3-1-2-13-18(15)23(9-11-4-6-12(22)7-5-11)10-14(19(13)26)16(24)8-17(25)20(27)28/h1-8,10,24H,9H2,(H,27,28)/b16-8-. The summed E-state index contributed by atoms with van der Waals surface area (Å²) in [6.45, 7) is 0.188. The van der Waals surface area contributed by atoms with Gasteiger partial charge in [0, 0.05) is 24.2 Å². The highest BCUT2D eigenvalue weighted by Gasteiger charge is 2.17. The van der Waals surface area contributed by atoms with Gasteiger partial charge in [-0.15, -0.1) is 0 Å². The van der Waals surface area contributed by atoms with Crippen molar-refractivity contribution >= 4 is 40.0 Å². The van der Waals surface area contributed by atoms with E-state index in [1.54, 1.807) is 28.8 Å². The van der Waals surface area contributed by atoms with Crippen LogP contribution in [0.1, 0.15) is 11.1 Å². The smallest absolute Gasteiger partial charge is 0.376 e. The molecule has 0 spiro atoms. The van der Waals surface area contributed by atoms with Gasteiger partial charge in [0.2, 0.25) is 0 Å². The summed E-state index contributed by atoms with van der Waals surface area (Å²) in [4.78, 5) is 34.8. The number of fused-ring (bicyclic) bond motifs is 1. The summed E-state index contributed by atoms with van der Waals surface area (Å²) < 4.78 is 14.7. The lowest BCUT2D eigenvalue weighted by atomic mass is 10.1. The number of hydrogen-bond acceptors (Lipinski definition) is 4. The highest BCUT2D eigenvalue weighted by molar-refractivity contribution is 6.38. The maximum Gasteiger partial charge on any atom is 0.376 e. The van der Waals surface area contributed by atoms with Gasteiger partial charge in [-0.05, 0) is 29.8 Å². The SMILES string of the molecule is O=C(O)C(=O)/C=C(\O)c1cn(Cc2ccc(F)cc2)c2c(Cl)cccc2c1=O. The summed E-state index contributed by atoms with van der Waals surface area (Å²) >= 11 is 6.25. The molecule has 0 atom stereocenters.